The van der Waals surface area contributed by atoms with Gasteiger partial charge in [-0.25, -0.2) is 4.39 Å². The Labute approximate surface area is 82.8 Å². The van der Waals surface area contributed by atoms with Crippen molar-refractivity contribution in [2.45, 2.75) is 31.5 Å². The summed E-state index contributed by atoms with van der Waals surface area (Å²) in [6.07, 6.45) is 1.59. The van der Waals surface area contributed by atoms with E-state index in [0.29, 0.717) is 12.1 Å². The average Bonchev–Trinajstić information content (AvgIpc) is 2.19. The van der Waals surface area contributed by atoms with Gasteiger partial charge in [0.15, 0.2) is 0 Å². The number of benzene rings is 1. The van der Waals surface area contributed by atoms with Gasteiger partial charge in [0.05, 0.1) is 6.10 Å². The minimum absolute atomic E-state index is 0.148. The average molecular weight is 195 g/mol. The van der Waals surface area contributed by atoms with Crippen molar-refractivity contribution in [1.82, 2.24) is 5.32 Å². The smallest absolute Gasteiger partial charge is 0.127 e. The molecule has 0 radical (unpaired) electrons. The summed E-state index contributed by atoms with van der Waals surface area (Å²) in [5.74, 6) is -0.186. The molecule has 2 N–H and O–H groups in total. The summed E-state index contributed by atoms with van der Waals surface area (Å²) < 4.78 is 13.2. The van der Waals surface area contributed by atoms with E-state index in [1.165, 1.54) is 6.07 Å². The van der Waals surface area contributed by atoms with Gasteiger partial charge < -0.3 is 10.4 Å². The van der Waals surface area contributed by atoms with E-state index < -0.39 is 0 Å². The van der Waals surface area contributed by atoms with Crippen molar-refractivity contribution in [2.75, 3.05) is 0 Å². The van der Waals surface area contributed by atoms with Crippen LogP contribution in [0.2, 0.25) is 0 Å². The third-order valence-electron chi connectivity index (χ3n) is 2.75. The fourth-order valence-corrected chi connectivity index (χ4v) is 1.60. The molecule has 1 aliphatic rings. The van der Waals surface area contributed by atoms with E-state index in [-0.39, 0.29) is 18.0 Å². The predicted octanol–water partition coefficient (Wildman–Crippen LogP) is 1.44. The molecule has 0 aromatic heterocycles. The fraction of sp³-hybridized carbons (Fsp3) is 0.455. The summed E-state index contributed by atoms with van der Waals surface area (Å²) in [5.41, 5.74) is 0.659. The van der Waals surface area contributed by atoms with E-state index in [2.05, 4.69) is 5.32 Å². The highest BCUT2D eigenvalue weighted by Crippen LogP contribution is 2.20. The first kappa shape index (κ1) is 9.62. The summed E-state index contributed by atoms with van der Waals surface area (Å²) in [6, 6.07) is 6.85. The number of rotatable bonds is 3. The highest BCUT2D eigenvalue weighted by Gasteiger charge is 2.27. The Bertz CT molecular complexity index is 316. The lowest BCUT2D eigenvalue weighted by atomic mass is 9.89. The van der Waals surface area contributed by atoms with Crippen molar-refractivity contribution < 1.29 is 9.50 Å². The Morgan fingerprint density at radius 3 is 2.71 bits per heavy atom. The fourth-order valence-electron chi connectivity index (χ4n) is 1.60. The minimum Gasteiger partial charge on any atom is -0.392 e. The normalized spacial score (nSPS) is 25.9. The molecule has 1 fully saturated rings. The second-order valence-corrected chi connectivity index (χ2v) is 3.72. The van der Waals surface area contributed by atoms with E-state index in [4.69, 9.17) is 0 Å². The van der Waals surface area contributed by atoms with Gasteiger partial charge in [0.2, 0.25) is 0 Å². The number of hydrogen-bond donors (Lipinski definition) is 2. The van der Waals surface area contributed by atoms with Crippen LogP contribution in [-0.4, -0.2) is 17.3 Å². The van der Waals surface area contributed by atoms with Gasteiger partial charge in [-0.3, -0.25) is 0 Å². The molecule has 76 valence electrons. The van der Waals surface area contributed by atoms with Crippen molar-refractivity contribution in [1.29, 1.82) is 0 Å². The van der Waals surface area contributed by atoms with E-state index in [9.17, 15) is 9.50 Å². The molecule has 0 amide bonds. The Balaban J connectivity index is 1.88. The van der Waals surface area contributed by atoms with Crippen molar-refractivity contribution >= 4 is 0 Å². The lowest BCUT2D eigenvalue weighted by Crippen LogP contribution is -2.47. The van der Waals surface area contributed by atoms with Gasteiger partial charge in [-0.15, -0.1) is 0 Å². The molecule has 0 heterocycles. The van der Waals surface area contributed by atoms with Crippen LogP contribution >= 0.6 is 0 Å². The molecule has 0 spiro atoms. The van der Waals surface area contributed by atoms with E-state index in [1.807, 2.05) is 6.07 Å². The van der Waals surface area contributed by atoms with Gasteiger partial charge in [0.1, 0.15) is 5.82 Å². The van der Waals surface area contributed by atoms with Gasteiger partial charge in [-0.2, -0.15) is 0 Å². The van der Waals surface area contributed by atoms with Gasteiger partial charge in [-0.1, -0.05) is 18.2 Å². The van der Waals surface area contributed by atoms with Crippen LogP contribution in [0.15, 0.2) is 24.3 Å². The van der Waals surface area contributed by atoms with Crippen LogP contribution in [0.5, 0.6) is 0 Å². The molecule has 1 aliphatic carbocycles. The number of halogens is 1. The van der Waals surface area contributed by atoms with Gasteiger partial charge >= 0.3 is 0 Å². The van der Waals surface area contributed by atoms with Gasteiger partial charge in [0, 0.05) is 18.2 Å². The largest absolute Gasteiger partial charge is 0.392 e. The van der Waals surface area contributed by atoms with Crippen molar-refractivity contribution in [3.05, 3.63) is 35.6 Å². The highest BCUT2D eigenvalue weighted by molar-refractivity contribution is 5.17. The van der Waals surface area contributed by atoms with Gasteiger partial charge in [0.25, 0.3) is 0 Å². The molecule has 1 saturated carbocycles. The first-order valence-corrected chi connectivity index (χ1v) is 4.92. The Morgan fingerprint density at radius 1 is 1.36 bits per heavy atom. The molecule has 2 rings (SSSR count). The molecule has 0 aliphatic heterocycles. The number of aliphatic hydroxyl groups excluding tert-OH is 1. The molecular weight excluding hydrogens is 181 g/mol. The summed E-state index contributed by atoms with van der Waals surface area (Å²) in [5, 5.41) is 12.4. The summed E-state index contributed by atoms with van der Waals surface area (Å²) in [7, 11) is 0. The Kier molecular flexibility index (Phi) is 2.79. The quantitative estimate of drug-likeness (QED) is 0.765. The van der Waals surface area contributed by atoms with Crippen LogP contribution in [0.1, 0.15) is 18.4 Å². The maximum atomic E-state index is 13.2. The third kappa shape index (κ3) is 1.94. The maximum absolute atomic E-state index is 13.2. The summed E-state index contributed by atoms with van der Waals surface area (Å²) in [4.78, 5) is 0. The van der Waals surface area contributed by atoms with Crippen LogP contribution in [0, 0.1) is 5.82 Å². The summed E-state index contributed by atoms with van der Waals surface area (Å²) >= 11 is 0. The predicted molar refractivity (Wildman–Crippen MR) is 52.3 cm³/mol. The summed E-state index contributed by atoms with van der Waals surface area (Å²) in [6.45, 7) is 0.494. The first-order chi connectivity index (χ1) is 6.77. The van der Waals surface area contributed by atoms with E-state index in [1.54, 1.807) is 12.1 Å². The highest BCUT2D eigenvalue weighted by atomic mass is 19.1. The van der Waals surface area contributed by atoms with E-state index >= 15 is 0 Å². The second kappa shape index (κ2) is 4.07. The number of hydrogen-bond acceptors (Lipinski definition) is 2. The SMILES string of the molecule is OC1CCC1NCc1ccccc1F. The number of aliphatic hydroxyl groups is 1. The van der Waals surface area contributed by atoms with Crippen molar-refractivity contribution in [2.24, 2.45) is 0 Å². The van der Waals surface area contributed by atoms with Crippen LogP contribution in [-0.2, 0) is 6.54 Å². The molecule has 1 aromatic rings. The lowest BCUT2D eigenvalue weighted by Gasteiger charge is -2.33. The molecular formula is C11H14FNO. The molecule has 0 bridgehead atoms. The molecule has 1 aromatic carbocycles. The van der Waals surface area contributed by atoms with Crippen LogP contribution in [0.3, 0.4) is 0 Å². The third-order valence-corrected chi connectivity index (χ3v) is 2.75. The first-order valence-electron chi connectivity index (χ1n) is 4.92. The monoisotopic (exact) mass is 195 g/mol. The zero-order chi connectivity index (χ0) is 9.97. The van der Waals surface area contributed by atoms with Crippen LogP contribution in [0.25, 0.3) is 0 Å². The van der Waals surface area contributed by atoms with Gasteiger partial charge in [-0.05, 0) is 18.9 Å². The molecule has 3 heteroatoms. The molecule has 2 atom stereocenters. The maximum Gasteiger partial charge on any atom is 0.127 e. The van der Waals surface area contributed by atoms with Crippen LogP contribution in [0.4, 0.5) is 4.39 Å². The zero-order valence-electron chi connectivity index (χ0n) is 7.91. The minimum atomic E-state index is -0.248. The molecule has 2 nitrogen and oxygen atoms in total. The van der Waals surface area contributed by atoms with Crippen LogP contribution < -0.4 is 5.32 Å². The van der Waals surface area contributed by atoms with Crippen molar-refractivity contribution in [3.8, 4) is 0 Å². The second-order valence-electron chi connectivity index (χ2n) is 3.72. The molecule has 2 unspecified atom stereocenters. The van der Waals surface area contributed by atoms with E-state index in [0.717, 1.165) is 12.8 Å². The number of nitrogens with one attached hydrogen (secondary N) is 1. The zero-order valence-corrected chi connectivity index (χ0v) is 7.91. The standard InChI is InChI=1S/C11H14FNO/c12-9-4-2-1-3-8(9)7-13-10-5-6-11(10)14/h1-4,10-11,13-14H,5-7H2. The molecule has 14 heavy (non-hydrogen) atoms. The Hall–Kier alpha value is -0.930. The molecule has 0 saturated heterocycles. The topological polar surface area (TPSA) is 32.3 Å². The Morgan fingerprint density at radius 2 is 2.14 bits per heavy atom. The lowest BCUT2D eigenvalue weighted by molar-refractivity contribution is 0.0491. The van der Waals surface area contributed by atoms with Crippen molar-refractivity contribution in [3.63, 3.8) is 0 Å².